The van der Waals surface area contributed by atoms with Gasteiger partial charge >= 0.3 is 0 Å². The summed E-state index contributed by atoms with van der Waals surface area (Å²) in [6.07, 6.45) is 0. The summed E-state index contributed by atoms with van der Waals surface area (Å²) < 4.78 is 10.5. The number of hydrogen-bond donors (Lipinski definition) is 0. The van der Waals surface area contributed by atoms with E-state index in [-0.39, 0.29) is 11.0 Å². The highest BCUT2D eigenvalue weighted by Gasteiger charge is 2.48. The van der Waals surface area contributed by atoms with E-state index in [4.69, 9.17) is 9.47 Å². The second-order valence-corrected chi connectivity index (χ2v) is 3.94. The van der Waals surface area contributed by atoms with Crippen LogP contribution in [-0.2, 0) is 9.47 Å². The maximum atomic E-state index is 5.41. The van der Waals surface area contributed by atoms with Crippen LogP contribution in [0, 0.1) is 5.41 Å². The Balaban J connectivity index is 2.65. The summed E-state index contributed by atoms with van der Waals surface area (Å²) in [6, 6.07) is 0. The molecule has 0 bridgehead atoms. The molecular formula is C8H16O2. The molecule has 0 saturated carbocycles. The maximum Gasteiger partial charge on any atom is 0.119 e. The van der Waals surface area contributed by atoms with Crippen LogP contribution < -0.4 is 0 Å². The van der Waals surface area contributed by atoms with Crippen molar-refractivity contribution in [1.29, 1.82) is 0 Å². The molecule has 2 nitrogen and oxygen atoms in total. The molecule has 1 rings (SSSR count). The summed E-state index contributed by atoms with van der Waals surface area (Å²) >= 11 is 0. The Bertz CT molecular complexity index is 114. The molecule has 0 N–H and O–H groups in total. The first-order valence-electron chi connectivity index (χ1n) is 3.65. The molecular weight excluding hydrogens is 128 g/mol. The minimum atomic E-state index is -0.0208. The van der Waals surface area contributed by atoms with Crippen LogP contribution >= 0.6 is 0 Å². The Hall–Kier alpha value is -0.0800. The van der Waals surface area contributed by atoms with Gasteiger partial charge in [0.25, 0.3) is 0 Å². The van der Waals surface area contributed by atoms with Crippen molar-refractivity contribution in [1.82, 2.24) is 0 Å². The van der Waals surface area contributed by atoms with E-state index in [1.807, 2.05) is 0 Å². The molecule has 1 aliphatic rings. The van der Waals surface area contributed by atoms with Crippen LogP contribution in [0.15, 0.2) is 0 Å². The number of methoxy groups -OCH3 is 1. The van der Waals surface area contributed by atoms with Gasteiger partial charge in [0.1, 0.15) is 5.60 Å². The second kappa shape index (κ2) is 2.21. The highest BCUT2D eigenvalue weighted by Crippen LogP contribution is 2.38. The van der Waals surface area contributed by atoms with Crippen molar-refractivity contribution in [3.8, 4) is 0 Å². The van der Waals surface area contributed by atoms with Gasteiger partial charge in [-0.25, -0.2) is 0 Å². The van der Waals surface area contributed by atoms with Gasteiger partial charge in [0.15, 0.2) is 0 Å². The van der Waals surface area contributed by atoms with Gasteiger partial charge in [0, 0.05) is 7.11 Å². The summed E-state index contributed by atoms with van der Waals surface area (Å²) in [6.45, 7) is 8.02. The van der Waals surface area contributed by atoms with Crippen LogP contribution in [0.2, 0.25) is 0 Å². The average Bonchev–Trinajstić information content (AvgIpc) is 1.58. The SMILES string of the molecule is COC1(C(C)(C)C)COC1. The van der Waals surface area contributed by atoms with Gasteiger partial charge in [-0.1, -0.05) is 20.8 Å². The first kappa shape index (κ1) is 8.02. The van der Waals surface area contributed by atoms with Gasteiger partial charge in [-0.3, -0.25) is 0 Å². The third-order valence-corrected chi connectivity index (χ3v) is 2.43. The molecule has 1 heterocycles. The Morgan fingerprint density at radius 2 is 1.80 bits per heavy atom. The van der Waals surface area contributed by atoms with Crippen molar-refractivity contribution in [2.45, 2.75) is 26.4 Å². The Kier molecular flexibility index (Phi) is 1.77. The van der Waals surface area contributed by atoms with Gasteiger partial charge in [-0.05, 0) is 5.41 Å². The van der Waals surface area contributed by atoms with Crippen molar-refractivity contribution in [3.05, 3.63) is 0 Å². The van der Waals surface area contributed by atoms with Gasteiger partial charge in [0.05, 0.1) is 13.2 Å². The topological polar surface area (TPSA) is 18.5 Å². The lowest BCUT2D eigenvalue weighted by molar-refractivity contribution is -0.243. The molecule has 2 heteroatoms. The van der Waals surface area contributed by atoms with E-state index in [2.05, 4.69) is 20.8 Å². The summed E-state index contributed by atoms with van der Waals surface area (Å²) in [5, 5.41) is 0. The zero-order valence-corrected chi connectivity index (χ0v) is 7.23. The Morgan fingerprint density at radius 1 is 1.30 bits per heavy atom. The lowest BCUT2D eigenvalue weighted by Gasteiger charge is -2.49. The third kappa shape index (κ3) is 0.956. The molecule has 0 aliphatic carbocycles. The molecule has 0 aromatic rings. The van der Waals surface area contributed by atoms with Gasteiger partial charge in [-0.15, -0.1) is 0 Å². The van der Waals surface area contributed by atoms with Gasteiger partial charge in [-0.2, -0.15) is 0 Å². The van der Waals surface area contributed by atoms with E-state index in [0.29, 0.717) is 0 Å². The smallest absolute Gasteiger partial charge is 0.119 e. The molecule has 0 amide bonds. The summed E-state index contributed by atoms with van der Waals surface area (Å²) in [4.78, 5) is 0. The van der Waals surface area contributed by atoms with Crippen LogP contribution in [0.5, 0.6) is 0 Å². The van der Waals surface area contributed by atoms with Crippen molar-refractivity contribution < 1.29 is 9.47 Å². The summed E-state index contributed by atoms with van der Waals surface area (Å²) in [7, 11) is 1.76. The monoisotopic (exact) mass is 144 g/mol. The normalized spacial score (nSPS) is 24.0. The molecule has 0 unspecified atom stereocenters. The molecule has 0 aromatic carbocycles. The van der Waals surface area contributed by atoms with E-state index in [1.165, 1.54) is 0 Å². The first-order chi connectivity index (χ1) is 4.52. The van der Waals surface area contributed by atoms with E-state index in [9.17, 15) is 0 Å². The van der Waals surface area contributed by atoms with E-state index in [0.717, 1.165) is 13.2 Å². The van der Waals surface area contributed by atoms with Crippen LogP contribution in [0.1, 0.15) is 20.8 Å². The lowest BCUT2D eigenvalue weighted by Crippen LogP contribution is -2.59. The highest BCUT2D eigenvalue weighted by atomic mass is 16.6. The van der Waals surface area contributed by atoms with Crippen LogP contribution in [0.25, 0.3) is 0 Å². The van der Waals surface area contributed by atoms with Crippen molar-refractivity contribution in [3.63, 3.8) is 0 Å². The molecule has 60 valence electrons. The molecule has 0 atom stereocenters. The average molecular weight is 144 g/mol. The van der Waals surface area contributed by atoms with Crippen molar-refractivity contribution in [2.24, 2.45) is 5.41 Å². The molecule has 0 spiro atoms. The molecule has 1 fully saturated rings. The van der Waals surface area contributed by atoms with Crippen LogP contribution in [0.3, 0.4) is 0 Å². The fraction of sp³-hybridized carbons (Fsp3) is 1.00. The highest BCUT2D eigenvalue weighted by molar-refractivity contribution is 4.97. The zero-order chi connectivity index (χ0) is 7.83. The third-order valence-electron chi connectivity index (χ3n) is 2.43. The molecule has 10 heavy (non-hydrogen) atoms. The van der Waals surface area contributed by atoms with Gasteiger partial charge < -0.3 is 9.47 Å². The number of hydrogen-bond acceptors (Lipinski definition) is 2. The Labute approximate surface area is 62.5 Å². The fourth-order valence-electron chi connectivity index (χ4n) is 1.14. The Morgan fingerprint density at radius 3 is 1.80 bits per heavy atom. The van der Waals surface area contributed by atoms with Crippen molar-refractivity contribution >= 4 is 0 Å². The minimum absolute atomic E-state index is 0.0208. The van der Waals surface area contributed by atoms with Gasteiger partial charge in [0.2, 0.25) is 0 Å². The summed E-state index contributed by atoms with van der Waals surface area (Å²) in [5.41, 5.74) is 0.174. The molecule has 1 aliphatic heterocycles. The first-order valence-corrected chi connectivity index (χ1v) is 3.65. The zero-order valence-electron chi connectivity index (χ0n) is 7.23. The standard InChI is InChI=1S/C8H16O2/c1-7(2,3)8(9-4)5-10-6-8/h5-6H2,1-4H3. The van der Waals surface area contributed by atoms with Crippen molar-refractivity contribution in [2.75, 3.05) is 20.3 Å². The fourth-order valence-corrected chi connectivity index (χ4v) is 1.14. The summed E-state index contributed by atoms with van der Waals surface area (Å²) in [5.74, 6) is 0. The predicted molar refractivity (Wildman–Crippen MR) is 40.0 cm³/mol. The second-order valence-electron chi connectivity index (χ2n) is 3.94. The predicted octanol–water partition coefficient (Wildman–Crippen LogP) is 1.45. The number of rotatable bonds is 1. The largest absolute Gasteiger partial charge is 0.375 e. The minimum Gasteiger partial charge on any atom is -0.375 e. The quantitative estimate of drug-likeness (QED) is 0.554. The molecule has 0 aromatic heterocycles. The van der Waals surface area contributed by atoms with E-state index < -0.39 is 0 Å². The molecule has 1 saturated heterocycles. The van der Waals surface area contributed by atoms with E-state index >= 15 is 0 Å². The maximum absolute atomic E-state index is 5.41. The van der Waals surface area contributed by atoms with E-state index in [1.54, 1.807) is 7.11 Å². The van der Waals surface area contributed by atoms with Crippen LogP contribution in [0.4, 0.5) is 0 Å². The van der Waals surface area contributed by atoms with Crippen LogP contribution in [-0.4, -0.2) is 25.9 Å². The molecule has 0 radical (unpaired) electrons. The lowest BCUT2D eigenvalue weighted by atomic mass is 9.75. The number of ether oxygens (including phenoxy) is 2.